The monoisotopic (exact) mass is 254 g/mol. The molecule has 0 amide bonds. The molecular weight excluding hydrogens is 239 g/mol. The summed E-state index contributed by atoms with van der Waals surface area (Å²) in [5.74, 6) is -0.441. The summed E-state index contributed by atoms with van der Waals surface area (Å²) in [4.78, 5) is 0. The molecule has 0 aromatic heterocycles. The van der Waals surface area contributed by atoms with E-state index in [4.69, 9.17) is 10.4 Å². The summed E-state index contributed by atoms with van der Waals surface area (Å²) >= 11 is 1.54. The van der Waals surface area contributed by atoms with Gasteiger partial charge in [0, 0.05) is 17.0 Å². The van der Waals surface area contributed by atoms with Crippen LogP contribution in [0.25, 0.3) is 0 Å². The lowest BCUT2D eigenvalue weighted by Crippen LogP contribution is -2.30. The lowest BCUT2D eigenvalue weighted by Gasteiger charge is -2.22. The van der Waals surface area contributed by atoms with Gasteiger partial charge in [-0.2, -0.15) is 17.0 Å². The summed E-state index contributed by atoms with van der Waals surface area (Å²) in [6, 6.07) is 6.01. The van der Waals surface area contributed by atoms with Crippen LogP contribution in [0.2, 0.25) is 0 Å². The maximum Gasteiger partial charge on any atom is 0.126 e. The van der Waals surface area contributed by atoms with Gasteiger partial charge in [-0.25, -0.2) is 4.39 Å². The molecule has 1 aromatic carbocycles. The van der Waals surface area contributed by atoms with Crippen LogP contribution >= 0.6 is 11.8 Å². The van der Waals surface area contributed by atoms with Crippen molar-refractivity contribution >= 4 is 17.4 Å². The molecule has 1 aromatic rings. The fraction of sp³-hybridized carbons (Fsp3) is 0.417. The van der Waals surface area contributed by atoms with Crippen LogP contribution in [0, 0.1) is 17.1 Å². The Balaban J connectivity index is 2.81. The minimum absolute atomic E-state index is 0.0108. The first-order valence-corrected chi connectivity index (χ1v) is 6.50. The molecule has 0 aliphatic rings. The van der Waals surface area contributed by atoms with E-state index >= 15 is 0 Å². The maximum atomic E-state index is 13.2. The topological polar surface area (TPSA) is 56.0 Å². The van der Waals surface area contributed by atoms with Crippen molar-refractivity contribution in [3.63, 3.8) is 0 Å². The van der Waals surface area contributed by atoms with Crippen molar-refractivity contribution in [2.45, 2.75) is 18.2 Å². The Morgan fingerprint density at radius 3 is 2.76 bits per heavy atom. The van der Waals surface area contributed by atoms with Crippen molar-refractivity contribution in [1.82, 2.24) is 0 Å². The van der Waals surface area contributed by atoms with E-state index in [0.717, 1.165) is 0 Å². The largest absolute Gasteiger partial charge is 0.395 e. The van der Waals surface area contributed by atoms with Crippen LogP contribution in [0.3, 0.4) is 0 Å². The standard InChI is InChI=1S/C12H15FN2OS/c1-8(12(7-16)17-2)15-11-4-9(6-14)3-10(13)5-11/h3-5,8,12,15-16H,7H2,1-2H3. The number of nitrogens with one attached hydrogen (secondary N) is 1. The van der Waals surface area contributed by atoms with Crippen molar-refractivity contribution < 1.29 is 9.50 Å². The Labute approximate surface area is 105 Å². The van der Waals surface area contributed by atoms with Crippen LogP contribution in [0.1, 0.15) is 12.5 Å². The summed E-state index contributed by atoms with van der Waals surface area (Å²) in [5.41, 5.74) is 0.839. The molecule has 0 aliphatic heterocycles. The van der Waals surface area contributed by atoms with E-state index in [2.05, 4.69) is 5.32 Å². The quantitative estimate of drug-likeness (QED) is 0.846. The number of halogens is 1. The number of rotatable bonds is 5. The maximum absolute atomic E-state index is 13.2. The van der Waals surface area contributed by atoms with E-state index in [1.165, 1.54) is 12.1 Å². The predicted molar refractivity (Wildman–Crippen MR) is 68.6 cm³/mol. The van der Waals surface area contributed by atoms with E-state index in [1.807, 2.05) is 19.2 Å². The van der Waals surface area contributed by atoms with Crippen LogP contribution in [-0.2, 0) is 0 Å². The molecule has 2 unspecified atom stereocenters. The van der Waals surface area contributed by atoms with Gasteiger partial charge in [-0.05, 0) is 31.4 Å². The van der Waals surface area contributed by atoms with E-state index in [9.17, 15) is 4.39 Å². The van der Waals surface area contributed by atoms with Gasteiger partial charge in [0.1, 0.15) is 5.82 Å². The Morgan fingerprint density at radius 1 is 1.53 bits per heavy atom. The molecule has 0 spiro atoms. The highest BCUT2D eigenvalue weighted by molar-refractivity contribution is 7.99. The van der Waals surface area contributed by atoms with Crippen molar-refractivity contribution in [3.05, 3.63) is 29.6 Å². The number of benzene rings is 1. The average molecular weight is 254 g/mol. The van der Waals surface area contributed by atoms with Crippen molar-refractivity contribution in [2.24, 2.45) is 0 Å². The van der Waals surface area contributed by atoms with Gasteiger partial charge in [-0.3, -0.25) is 0 Å². The zero-order valence-corrected chi connectivity index (χ0v) is 10.6. The molecule has 0 saturated carbocycles. The average Bonchev–Trinajstić information content (AvgIpc) is 2.29. The van der Waals surface area contributed by atoms with Gasteiger partial charge in [0.05, 0.1) is 18.2 Å². The first-order valence-electron chi connectivity index (χ1n) is 5.21. The Morgan fingerprint density at radius 2 is 2.24 bits per heavy atom. The lowest BCUT2D eigenvalue weighted by molar-refractivity contribution is 0.288. The fourth-order valence-electron chi connectivity index (χ4n) is 1.53. The normalized spacial score (nSPS) is 13.8. The summed E-state index contributed by atoms with van der Waals surface area (Å²) in [6.07, 6.45) is 1.91. The highest BCUT2D eigenvalue weighted by atomic mass is 32.2. The first-order chi connectivity index (χ1) is 8.10. The molecule has 3 nitrogen and oxygen atoms in total. The van der Waals surface area contributed by atoms with Crippen LogP contribution in [-0.4, -0.2) is 29.3 Å². The number of hydrogen-bond acceptors (Lipinski definition) is 4. The number of aliphatic hydroxyl groups is 1. The van der Waals surface area contributed by atoms with Crippen molar-refractivity contribution in [2.75, 3.05) is 18.2 Å². The van der Waals surface area contributed by atoms with Gasteiger partial charge < -0.3 is 10.4 Å². The van der Waals surface area contributed by atoms with Crippen LogP contribution in [0.5, 0.6) is 0 Å². The van der Waals surface area contributed by atoms with Gasteiger partial charge in [-0.15, -0.1) is 0 Å². The molecule has 0 aliphatic carbocycles. The van der Waals surface area contributed by atoms with E-state index in [-0.39, 0.29) is 23.5 Å². The van der Waals surface area contributed by atoms with E-state index in [0.29, 0.717) is 5.69 Å². The number of thioether (sulfide) groups is 1. The SMILES string of the molecule is CSC(CO)C(C)Nc1cc(F)cc(C#N)c1. The second-order valence-corrected chi connectivity index (χ2v) is 4.81. The number of hydrogen-bond donors (Lipinski definition) is 2. The Hall–Kier alpha value is -1.25. The summed E-state index contributed by atoms with van der Waals surface area (Å²) in [7, 11) is 0. The van der Waals surface area contributed by atoms with Gasteiger partial charge in [0.25, 0.3) is 0 Å². The molecule has 2 N–H and O–H groups in total. The van der Waals surface area contributed by atoms with Gasteiger partial charge in [0.15, 0.2) is 0 Å². The smallest absolute Gasteiger partial charge is 0.126 e. The zero-order valence-electron chi connectivity index (χ0n) is 9.77. The molecular formula is C12H15FN2OS. The van der Waals surface area contributed by atoms with Crippen molar-refractivity contribution in [1.29, 1.82) is 5.26 Å². The molecule has 0 heterocycles. The highest BCUT2D eigenvalue weighted by Gasteiger charge is 2.15. The zero-order chi connectivity index (χ0) is 12.8. The van der Waals surface area contributed by atoms with Crippen LogP contribution in [0.4, 0.5) is 10.1 Å². The van der Waals surface area contributed by atoms with Crippen LogP contribution in [0.15, 0.2) is 18.2 Å². The van der Waals surface area contributed by atoms with Gasteiger partial charge >= 0.3 is 0 Å². The number of nitrogens with zero attached hydrogens (tertiary/aromatic N) is 1. The molecule has 0 fully saturated rings. The third kappa shape index (κ3) is 3.91. The summed E-state index contributed by atoms with van der Waals surface area (Å²) < 4.78 is 13.2. The molecule has 5 heteroatoms. The lowest BCUT2D eigenvalue weighted by atomic mass is 10.1. The number of nitriles is 1. The minimum Gasteiger partial charge on any atom is -0.395 e. The molecule has 1 rings (SSSR count). The molecule has 2 atom stereocenters. The third-order valence-electron chi connectivity index (χ3n) is 2.46. The minimum atomic E-state index is -0.441. The fourth-order valence-corrected chi connectivity index (χ4v) is 2.16. The first kappa shape index (κ1) is 13.8. The molecule has 0 bridgehead atoms. The predicted octanol–water partition coefficient (Wildman–Crippen LogP) is 2.22. The van der Waals surface area contributed by atoms with Crippen LogP contribution < -0.4 is 5.32 Å². The van der Waals surface area contributed by atoms with Crippen molar-refractivity contribution in [3.8, 4) is 6.07 Å². The Bertz CT molecular complexity index is 415. The molecule has 0 saturated heterocycles. The molecule has 17 heavy (non-hydrogen) atoms. The molecule has 0 radical (unpaired) electrons. The summed E-state index contributed by atoms with van der Waals surface area (Å²) in [5, 5.41) is 21.0. The van der Waals surface area contributed by atoms with Gasteiger partial charge in [-0.1, -0.05) is 0 Å². The summed E-state index contributed by atoms with van der Waals surface area (Å²) in [6.45, 7) is 1.96. The Kier molecular flexibility index (Phi) is 5.26. The highest BCUT2D eigenvalue weighted by Crippen LogP contribution is 2.18. The number of anilines is 1. The second-order valence-electron chi connectivity index (χ2n) is 3.73. The third-order valence-corrected chi connectivity index (χ3v) is 3.62. The van der Waals surface area contributed by atoms with E-state index in [1.54, 1.807) is 17.8 Å². The van der Waals surface area contributed by atoms with E-state index < -0.39 is 5.82 Å². The van der Waals surface area contributed by atoms with Gasteiger partial charge in [0.2, 0.25) is 0 Å². The second kappa shape index (κ2) is 6.48. The number of aliphatic hydroxyl groups excluding tert-OH is 1. The molecule has 92 valence electrons.